The van der Waals surface area contributed by atoms with Gasteiger partial charge in [0, 0.05) is 23.7 Å². The molecule has 1 aromatic heterocycles. The number of aromatic nitrogens is 3. The number of hydrogen-bond donors (Lipinski definition) is 1. The molecular weight excluding hydrogens is 268 g/mol. The molecule has 0 saturated carbocycles. The molecule has 0 amide bonds. The molecule has 0 aliphatic carbocycles. The summed E-state index contributed by atoms with van der Waals surface area (Å²) in [5.41, 5.74) is 1.34. The Balaban J connectivity index is 2.34. The number of halogens is 1. The second kappa shape index (κ2) is 7.33. The lowest BCUT2D eigenvalue weighted by atomic mass is 10.2. The van der Waals surface area contributed by atoms with Gasteiger partial charge in [0.15, 0.2) is 0 Å². The van der Waals surface area contributed by atoms with Crippen molar-refractivity contribution in [3.63, 3.8) is 0 Å². The molecule has 0 unspecified atom stereocenters. The van der Waals surface area contributed by atoms with E-state index in [9.17, 15) is 0 Å². The van der Waals surface area contributed by atoms with Crippen LogP contribution in [0.4, 0.5) is 0 Å². The van der Waals surface area contributed by atoms with Crippen LogP contribution in [0, 0.1) is 0 Å². The molecule has 88 valence electrons. The van der Waals surface area contributed by atoms with Crippen LogP contribution in [0.25, 0.3) is 0 Å². The van der Waals surface area contributed by atoms with Crippen LogP contribution < -0.4 is 0 Å². The highest BCUT2D eigenvalue weighted by Gasteiger charge is 1.95. The molecule has 0 spiro atoms. The number of rotatable bonds is 6. The Bertz CT molecular complexity index is 354. The Morgan fingerprint density at radius 2 is 2.44 bits per heavy atom. The molecule has 4 nitrogen and oxygen atoms in total. The van der Waals surface area contributed by atoms with Crippen LogP contribution in [0.3, 0.4) is 0 Å². The Hall–Kier alpha value is -0.970. The lowest BCUT2D eigenvalue weighted by Crippen LogP contribution is -1.93. The molecule has 0 aliphatic heterocycles. The highest BCUT2D eigenvalue weighted by molar-refractivity contribution is 9.12. The summed E-state index contributed by atoms with van der Waals surface area (Å²) in [5.74, 6) is 0.877. The maximum atomic E-state index is 4.33. The van der Waals surface area contributed by atoms with Crippen molar-refractivity contribution in [1.82, 2.24) is 15.2 Å². The summed E-state index contributed by atoms with van der Waals surface area (Å²) in [6.45, 7) is 5.02. The number of nitrogens with one attached hydrogen (secondary N) is 1. The maximum Gasteiger partial charge on any atom is 0.137 e. The minimum atomic E-state index is 0.726. The second-order valence-corrected chi connectivity index (χ2v) is 4.45. The Labute approximate surface area is 104 Å². The fourth-order valence-electron chi connectivity index (χ4n) is 1.27. The summed E-state index contributed by atoms with van der Waals surface area (Å²) in [5, 5.41) is 6.59. The zero-order valence-corrected chi connectivity index (χ0v) is 11.3. The van der Waals surface area contributed by atoms with Gasteiger partial charge in [-0.1, -0.05) is 18.9 Å². The van der Waals surface area contributed by atoms with E-state index in [2.05, 4.69) is 50.0 Å². The molecule has 0 fully saturated rings. The smallest absolute Gasteiger partial charge is 0.137 e. The van der Waals surface area contributed by atoms with E-state index in [-0.39, 0.29) is 0 Å². The summed E-state index contributed by atoms with van der Waals surface area (Å²) in [6, 6.07) is 0. The summed E-state index contributed by atoms with van der Waals surface area (Å²) in [4.78, 5) is 8.37. The Morgan fingerprint density at radius 1 is 1.62 bits per heavy atom. The van der Waals surface area contributed by atoms with Gasteiger partial charge in [-0.25, -0.2) is 4.98 Å². The lowest BCUT2D eigenvalue weighted by molar-refractivity contribution is 0.876. The van der Waals surface area contributed by atoms with E-state index >= 15 is 0 Å². The first-order chi connectivity index (χ1) is 7.74. The normalized spacial score (nSPS) is 13.2. The van der Waals surface area contributed by atoms with Crippen molar-refractivity contribution in [3.05, 3.63) is 22.2 Å². The number of aromatic amines is 1. The van der Waals surface area contributed by atoms with Gasteiger partial charge in [-0.15, -0.1) is 0 Å². The van der Waals surface area contributed by atoms with Crippen LogP contribution >= 0.6 is 15.9 Å². The van der Waals surface area contributed by atoms with Crippen LogP contribution in [0.5, 0.6) is 0 Å². The molecule has 1 heterocycles. The lowest BCUT2D eigenvalue weighted by Gasteiger charge is -1.99. The van der Waals surface area contributed by atoms with Crippen molar-refractivity contribution >= 4 is 22.1 Å². The molecular formula is C11H17BrN4. The molecule has 0 saturated heterocycles. The predicted octanol–water partition coefficient (Wildman–Crippen LogP) is 2.89. The van der Waals surface area contributed by atoms with Crippen molar-refractivity contribution in [2.24, 2.45) is 4.99 Å². The third-order valence-electron chi connectivity index (χ3n) is 2.18. The summed E-state index contributed by atoms with van der Waals surface area (Å²) in [7, 11) is 0. The fourth-order valence-corrected chi connectivity index (χ4v) is 1.61. The molecule has 1 N–H and O–H groups in total. The van der Waals surface area contributed by atoms with Gasteiger partial charge in [-0.3, -0.25) is 10.1 Å². The third kappa shape index (κ3) is 4.70. The monoisotopic (exact) mass is 284 g/mol. The average Bonchev–Trinajstić information content (AvgIpc) is 2.77. The first kappa shape index (κ1) is 13.1. The van der Waals surface area contributed by atoms with Crippen LogP contribution in [0.2, 0.25) is 0 Å². The molecule has 16 heavy (non-hydrogen) atoms. The van der Waals surface area contributed by atoms with Crippen LogP contribution in [-0.2, 0) is 6.42 Å². The van der Waals surface area contributed by atoms with Gasteiger partial charge in [-0.05, 0) is 29.3 Å². The van der Waals surface area contributed by atoms with E-state index in [0.717, 1.165) is 36.1 Å². The SMILES string of the molecule is CCC/C(C)=C(\Br)C=NCCc1ncn[nH]1. The van der Waals surface area contributed by atoms with E-state index in [1.807, 2.05) is 6.21 Å². The van der Waals surface area contributed by atoms with E-state index < -0.39 is 0 Å². The third-order valence-corrected chi connectivity index (χ3v) is 3.06. The molecule has 0 atom stereocenters. The molecule has 0 aliphatic rings. The molecule has 1 aromatic rings. The zero-order valence-electron chi connectivity index (χ0n) is 9.70. The fraction of sp³-hybridized carbons (Fsp3) is 0.545. The van der Waals surface area contributed by atoms with Gasteiger partial charge < -0.3 is 0 Å². The van der Waals surface area contributed by atoms with E-state index in [1.165, 1.54) is 11.9 Å². The van der Waals surface area contributed by atoms with Crippen molar-refractivity contribution in [3.8, 4) is 0 Å². The van der Waals surface area contributed by atoms with Crippen molar-refractivity contribution < 1.29 is 0 Å². The molecule has 0 aromatic carbocycles. The summed E-state index contributed by atoms with van der Waals surface area (Å²) >= 11 is 3.52. The minimum Gasteiger partial charge on any atom is -0.292 e. The second-order valence-electron chi connectivity index (χ2n) is 3.60. The number of allylic oxidation sites excluding steroid dienone is 2. The highest BCUT2D eigenvalue weighted by atomic mass is 79.9. The summed E-state index contributed by atoms with van der Waals surface area (Å²) < 4.78 is 1.09. The largest absolute Gasteiger partial charge is 0.292 e. The summed E-state index contributed by atoms with van der Waals surface area (Å²) in [6.07, 6.45) is 6.45. The van der Waals surface area contributed by atoms with Crippen molar-refractivity contribution in [2.45, 2.75) is 33.1 Å². The maximum absolute atomic E-state index is 4.33. The zero-order chi connectivity index (χ0) is 11.8. The van der Waals surface area contributed by atoms with Crippen LogP contribution in [-0.4, -0.2) is 27.9 Å². The van der Waals surface area contributed by atoms with Gasteiger partial charge in [0.25, 0.3) is 0 Å². The standard InChI is InChI=1S/C11H17BrN4/c1-3-4-9(2)10(12)7-13-6-5-11-14-8-15-16-11/h7-8H,3-6H2,1-2H3,(H,14,15,16)/b10-9-,13-7?. The predicted molar refractivity (Wildman–Crippen MR) is 70.0 cm³/mol. The number of nitrogens with zero attached hydrogens (tertiary/aromatic N) is 3. The number of hydrogen-bond acceptors (Lipinski definition) is 3. The number of H-pyrrole nitrogens is 1. The Morgan fingerprint density at radius 3 is 3.06 bits per heavy atom. The van der Waals surface area contributed by atoms with E-state index in [0.29, 0.717) is 0 Å². The molecule has 1 rings (SSSR count). The van der Waals surface area contributed by atoms with Gasteiger partial charge in [0.2, 0.25) is 0 Å². The van der Waals surface area contributed by atoms with Crippen molar-refractivity contribution in [2.75, 3.05) is 6.54 Å². The quantitative estimate of drug-likeness (QED) is 0.817. The molecule has 0 radical (unpaired) electrons. The van der Waals surface area contributed by atoms with Gasteiger partial charge in [0.1, 0.15) is 12.2 Å². The first-order valence-electron chi connectivity index (χ1n) is 5.43. The van der Waals surface area contributed by atoms with Gasteiger partial charge >= 0.3 is 0 Å². The van der Waals surface area contributed by atoms with Crippen molar-refractivity contribution in [1.29, 1.82) is 0 Å². The first-order valence-corrected chi connectivity index (χ1v) is 6.22. The average molecular weight is 285 g/mol. The molecule has 5 heteroatoms. The van der Waals surface area contributed by atoms with Gasteiger partial charge in [0.05, 0.1) is 0 Å². The van der Waals surface area contributed by atoms with Gasteiger partial charge in [-0.2, -0.15) is 5.10 Å². The van der Waals surface area contributed by atoms with Crippen LogP contribution in [0.15, 0.2) is 21.4 Å². The van der Waals surface area contributed by atoms with E-state index in [4.69, 9.17) is 0 Å². The van der Waals surface area contributed by atoms with Crippen LogP contribution in [0.1, 0.15) is 32.5 Å². The Kier molecular flexibility index (Phi) is 6.00. The minimum absolute atomic E-state index is 0.726. The van der Waals surface area contributed by atoms with E-state index in [1.54, 1.807) is 0 Å². The highest BCUT2D eigenvalue weighted by Crippen LogP contribution is 2.14. The molecule has 0 bridgehead atoms. The number of aliphatic imine (C=N–C) groups is 1. The topological polar surface area (TPSA) is 53.9 Å².